The second-order valence-electron chi connectivity index (χ2n) is 6.86. The summed E-state index contributed by atoms with van der Waals surface area (Å²) in [6.07, 6.45) is -0.454. The average Bonchev–Trinajstić information content (AvgIpc) is 2.67. The van der Waals surface area contributed by atoms with Gasteiger partial charge in [0, 0.05) is 0 Å². The van der Waals surface area contributed by atoms with Gasteiger partial charge < -0.3 is 10.1 Å². The van der Waals surface area contributed by atoms with Gasteiger partial charge in [0.1, 0.15) is 11.1 Å². The molecule has 0 aliphatic heterocycles. The Balaban J connectivity index is 2.21. The Morgan fingerprint density at radius 3 is 2.14 bits per heavy atom. The summed E-state index contributed by atoms with van der Waals surface area (Å²) < 4.78 is 43.6. The Morgan fingerprint density at radius 1 is 1.00 bits per heavy atom. The third kappa shape index (κ3) is 6.12. The fourth-order valence-electron chi connectivity index (χ4n) is 2.67. The van der Waals surface area contributed by atoms with Gasteiger partial charge in [-0.25, -0.2) is 12.8 Å². The summed E-state index contributed by atoms with van der Waals surface area (Å²) in [4.78, 5) is 24.7. The van der Waals surface area contributed by atoms with E-state index >= 15 is 0 Å². The fourth-order valence-corrected chi connectivity index (χ4v) is 3.95. The molecule has 0 radical (unpaired) electrons. The monoisotopic (exact) mass is 421 g/mol. The molecule has 29 heavy (non-hydrogen) atoms. The summed E-state index contributed by atoms with van der Waals surface area (Å²) in [7, 11) is -4.03. The van der Waals surface area contributed by atoms with Crippen molar-refractivity contribution in [2.24, 2.45) is 0 Å². The van der Waals surface area contributed by atoms with Crippen LogP contribution in [-0.4, -0.2) is 31.6 Å². The zero-order valence-electron chi connectivity index (χ0n) is 16.5. The van der Waals surface area contributed by atoms with Crippen LogP contribution in [0.3, 0.4) is 0 Å². The van der Waals surface area contributed by atoms with Crippen molar-refractivity contribution in [2.45, 2.75) is 49.5 Å². The van der Waals surface area contributed by atoms with Crippen LogP contribution in [-0.2, 0) is 24.2 Å². The molecule has 0 aliphatic carbocycles. The minimum absolute atomic E-state index is 0.142. The van der Waals surface area contributed by atoms with Gasteiger partial charge in [-0.1, -0.05) is 30.3 Å². The molecule has 156 valence electrons. The Bertz CT molecular complexity index is 943. The number of amides is 1. The first-order valence-electron chi connectivity index (χ1n) is 9.15. The SMILES string of the molecule is CC(C)OC(=O)C[C@@H](NC(=O)[C@H](C)S(=O)(=O)c1ccc(F)cc1)c1ccccc1. The molecular formula is C21H24FNO5S. The quantitative estimate of drug-likeness (QED) is 0.522. The molecule has 2 aromatic rings. The van der Waals surface area contributed by atoms with Crippen LogP contribution < -0.4 is 5.32 Å². The molecule has 8 heteroatoms. The lowest BCUT2D eigenvalue weighted by Crippen LogP contribution is -2.40. The predicted octanol–water partition coefficient (Wildman–Crippen LogP) is 3.19. The molecule has 1 N–H and O–H groups in total. The first-order valence-corrected chi connectivity index (χ1v) is 10.7. The number of nitrogens with one attached hydrogen (secondary N) is 1. The molecule has 2 atom stereocenters. The van der Waals surface area contributed by atoms with Crippen molar-refractivity contribution in [3.63, 3.8) is 0 Å². The van der Waals surface area contributed by atoms with E-state index in [0.29, 0.717) is 5.56 Å². The van der Waals surface area contributed by atoms with E-state index in [1.807, 2.05) is 0 Å². The Kier molecular flexibility index (Phi) is 7.50. The van der Waals surface area contributed by atoms with Crippen molar-refractivity contribution in [3.8, 4) is 0 Å². The Hall–Kier alpha value is -2.74. The van der Waals surface area contributed by atoms with Gasteiger partial charge in [-0.15, -0.1) is 0 Å². The van der Waals surface area contributed by atoms with Crippen molar-refractivity contribution in [1.82, 2.24) is 5.32 Å². The molecule has 0 fully saturated rings. The molecule has 2 rings (SSSR count). The first kappa shape index (κ1) is 22.5. The Labute approximate surface area is 170 Å². The summed E-state index contributed by atoms with van der Waals surface area (Å²) in [5.41, 5.74) is 0.646. The minimum atomic E-state index is -4.03. The van der Waals surface area contributed by atoms with Gasteiger partial charge in [-0.2, -0.15) is 0 Å². The van der Waals surface area contributed by atoms with E-state index in [0.717, 1.165) is 24.3 Å². The predicted molar refractivity (Wildman–Crippen MR) is 106 cm³/mol. The lowest BCUT2D eigenvalue weighted by Gasteiger charge is -2.21. The number of esters is 1. The van der Waals surface area contributed by atoms with E-state index in [1.54, 1.807) is 44.2 Å². The lowest BCUT2D eigenvalue weighted by molar-refractivity contribution is -0.148. The maximum atomic E-state index is 13.1. The highest BCUT2D eigenvalue weighted by Gasteiger charge is 2.32. The van der Waals surface area contributed by atoms with Crippen LogP contribution in [0.2, 0.25) is 0 Å². The number of benzene rings is 2. The van der Waals surface area contributed by atoms with Gasteiger partial charge in [0.2, 0.25) is 5.91 Å². The normalized spacial score (nSPS) is 13.6. The third-order valence-electron chi connectivity index (χ3n) is 4.23. The number of sulfone groups is 1. The molecule has 0 aliphatic rings. The zero-order valence-corrected chi connectivity index (χ0v) is 17.3. The van der Waals surface area contributed by atoms with E-state index in [2.05, 4.69) is 5.32 Å². The molecule has 0 spiro atoms. The van der Waals surface area contributed by atoms with Crippen LogP contribution in [0.15, 0.2) is 59.5 Å². The molecule has 1 amide bonds. The van der Waals surface area contributed by atoms with E-state index in [9.17, 15) is 22.4 Å². The van der Waals surface area contributed by atoms with Crippen molar-refractivity contribution in [3.05, 3.63) is 66.0 Å². The standard InChI is InChI=1S/C21H24FNO5S/c1-14(2)28-20(24)13-19(16-7-5-4-6-8-16)23-21(25)15(3)29(26,27)18-11-9-17(22)10-12-18/h4-12,14-15,19H,13H2,1-3H3,(H,23,25)/t15-,19+/m0/s1. The highest BCUT2D eigenvalue weighted by atomic mass is 32.2. The number of ether oxygens (including phenoxy) is 1. The smallest absolute Gasteiger partial charge is 0.308 e. The summed E-state index contributed by atoms with van der Waals surface area (Å²) in [6, 6.07) is 12.3. The van der Waals surface area contributed by atoms with Gasteiger partial charge in [-0.3, -0.25) is 9.59 Å². The van der Waals surface area contributed by atoms with Gasteiger partial charge in [0.05, 0.1) is 23.5 Å². The van der Waals surface area contributed by atoms with Crippen molar-refractivity contribution in [1.29, 1.82) is 0 Å². The summed E-state index contributed by atoms with van der Waals surface area (Å²) in [6.45, 7) is 4.68. The van der Waals surface area contributed by atoms with Crippen molar-refractivity contribution >= 4 is 21.7 Å². The summed E-state index contributed by atoms with van der Waals surface area (Å²) >= 11 is 0. The molecule has 0 heterocycles. The van der Waals surface area contributed by atoms with Gasteiger partial charge in [-0.05, 0) is 50.6 Å². The molecule has 2 aromatic carbocycles. The van der Waals surface area contributed by atoms with Crippen LogP contribution in [0.25, 0.3) is 0 Å². The highest BCUT2D eigenvalue weighted by molar-refractivity contribution is 7.92. The second kappa shape index (κ2) is 9.65. The highest BCUT2D eigenvalue weighted by Crippen LogP contribution is 2.21. The number of carbonyl (C=O) groups excluding carboxylic acids is 2. The van der Waals surface area contributed by atoms with Gasteiger partial charge >= 0.3 is 5.97 Å². The van der Waals surface area contributed by atoms with Gasteiger partial charge in [0.15, 0.2) is 9.84 Å². The molecule has 0 aromatic heterocycles. The van der Waals surface area contributed by atoms with Gasteiger partial charge in [0.25, 0.3) is 0 Å². The molecule has 0 saturated heterocycles. The van der Waals surface area contributed by atoms with Crippen LogP contribution in [0, 0.1) is 5.82 Å². The number of carbonyl (C=O) groups is 2. The second-order valence-corrected chi connectivity index (χ2v) is 9.12. The van der Waals surface area contributed by atoms with Crippen LogP contribution in [0.4, 0.5) is 4.39 Å². The summed E-state index contributed by atoms with van der Waals surface area (Å²) in [5.74, 6) is -1.85. The average molecular weight is 421 g/mol. The summed E-state index contributed by atoms with van der Waals surface area (Å²) in [5, 5.41) is 1.20. The number of hydrogen-bond acceptors (Lipinski definition) is 5. The van der Waals surface area contributed by atoms with Crippen molar-refractivity contribution < 1.29 is 27.1 Å². The first-order chi connectivity index (χ1) is 13.6. The van der Waals surface area contributed by atoms with Crippen LogP contribution in [0.5, 0.6) is 0 Å². The number of rotatable bonds is 8. The Morgan fingerprint density at radius 2 is 1.59 bits per heavy atom. The molecule has 6 nitrogen and oxygen atoms in total. The number of hydrogen-bond donors (Lipinski definition) is 1. The largest absolute Gasteiger partial charge is 0.463 e. The number of halogens is 1. The van der Waals surface area contributed by atoms with E-state index in [-0.39, 0.29) is 17.4 Å². The van der Waals surface area contributed by atoms with Crippen LogP contribution >= 0.6 is 0 Å². The zero-order chi connectivity index (χ0) is 21.6. The topological polar surface area (TPSA) is 89.5 Å². The third-order valence-corrected chi connectivity index (χ3v) is 6.31. The van der Waals surface area contributed by atoms with E-state index < -0.39 is 38.8 Å². The molecule has 0 unspecified atom stereocenters. The van der Waals surface area contributed by atoms with E-state index in [4.69, 9.17) is 4.74 Å². The van der Waals surface area contributed by atoms with Crippen molar-refractivity contribution in [2.75, 3.05) is 0 Å². The maximum absolute atomic E-state index is 13.1. The fraction of sp³-hybridized carbons (Fsp3) is 0.333. The lowest BCUT2D eigenvalue weighted by atomic mass is 10.0. The molecular weight excluding hydrogens is 397 g/mol. The maximum Gasteiger partial charge on any atom is 0.308 e. The molecule has 0 bridgehead atoms. The molecule has 0 saturated carbocycles. The van der Waals surface area contributed by atoms with E-state index in [1.165, 1.54) is 6.92 Å². The minimum Gasteiger partial charge on any atom is -0.463 e. The van der Waals surface area contributed by atoms with Crippen LogP contribution in [0.1, 0.15) is 38.8 Å².